The van der Waals surface area contributed by atoms with Crippen LogP contribution in [0.2, 0.25) is 0 Å². The number of rotatable bonds is 1. The number of aliphatic imine (C=N–C) groups is 2. The van der Waals surface area contributed by atoms with Gasteiger partial charge in [0.1, 0.15) is 11.7 Å². The predicted octanol–water partition coefficient (Wildman–Crippen LogP) is 4.47. The number of carbonyl (C=O) groups is 1. The third-order valence-electron chi connectivity index (χ3n) is 4.06. The Morgan fingerprint density at radius 2 is 2.00 bits per heavy atom. The van der Waals surface area contributed by atoms with E-state index in [1.807, 2.05) is 47.5 Å². The maximum absolute atomic E-state index is 13.4. The zero-order valence-corrected chi connectivity index (χ0v) is 15.7. The molecule has 0 bridgehead atoms. The normalized spacial score (nSPS) is 17.2. The Morgan fingerprint density at radius 3 is 2.85 bits per heavy atom. The zero-order valence-electron chi connectivity index (χ0n) is 13.6. The smallest absolute Gasteiger partial charge is 0.279 e. The number of amidine groups is 2. The van der Waals surface area contributed by atoms with Crippen LogP contribution in [0.4, 0.5) is 4.39 Å². The van der Waals surface area contributed by atoms with Crippen molar-refractivity contribution in [3.05, 3.63) is 93.0 Å². The Kier molecular flexibility index (Phi) is 4.50. The van der Waals surface area contributed by atoms with Gasteiger partial charge in [0.15, 0.2) is 5.84 Å². The first-order chi connectivity index (χ1) is 12.6. The van der Waals surface area contributed by atoms with Gasteiger partial charge in [-0.1, -0.05) is 30.3 Å². The molecular weight excluding hydrogens is 444 g/mol. The van der Waals surface area contributed by atoms with E-state index in [9.17, 15) is 9.18 Å². The Balaban J connectivity index is 1.82. The predicted molar refractivity (Wildman–Crippen MR) is 108 cm³/mol. The number of benzene rings is 2. The number of allylic oxidation sites excluding steroid dienone is 2. The average molecular weight is 457 g/mol. The maximum Gasteiger partial charge on any atom is 0.279 e. The number of hydrogen-bond acceptors (Lipinski definition) is 2. The van der Waals surface area contributed by atoms with Crippen LogP contribution in [0, 0.1) is 5.82 Å². The molecule has 2 aliphatic rings. The van der Waals surface area contributed by atoms with Gasteiger partial charge in [-0.2, -0.15) is 4.99 Å². The molecule has 4 nitrogen and oxygen atoms in total. The van der Waals surface area contributed by atoms with Crippen molar-refractivity contribution in [2.24, 2.45) is 9.98 Å². The third kappa shape index (κ3) is 3.37. The van der Waals surface area contributed by atoms with Gasteiger partial charge in [0, 0.05) is 27.5 Å². The molecule has 6 heteroatoms. The lowest BCUT2D eigenvalue weighted by atomic mass is 10.1. The average Bonchev–Trinajstić information content (AvgIpc) is 2.78. The van der Waals surface area contributed by atoms with Gasteiger partial charge >= 0.3 is 0 Å². The first-order valence-corrected chi connectivity index (χ1v) is 9.05. The summed E-state index contributed by atoms with van der Waals surface area (Å²) in [6.45, 7) is 0.638. The van der Waals surface area contributed by atoms with Gasteiger partial charge in [-0.15, -0.1) is 0 Å². The molecule has 0 fully saturated rings. The van der Waals surface area contributed by atoms with Gasteiger partial charge in [0.25, 0.3) is 5.91 Å². The van der Waals surface area contributed by atoms with Gasteiger partial charge in [-0.05, 0) is 58.5 Å². The summed E-state index contributed by atoms with van der Waals surface area (Å²) in [4.78, 5) is 23.4. The van der Waals surface area contributed by atoms with Crippen LogP contribution in [-0.2, 0) is 6.54 Å². The molecule has 0 spiro atoms. The second-order valence-electron chi connectivity index (χ2n) is 5.85. The van der Waals surface area contributed by atoms with Crippen LogP contribution in [0.3, 0.4) is 0 Å². The van der Waals surface area contributed by atoms with Crippen LogP contribution in [0.5, 0.6) is 0 Å². The van der Waals surface area contributed by atoms with Crippen LogP contribution < -0.4 is 0 Å². The molecular formula is C20H13FIN3O. The summed E-state index contributed by atoms with van der Waals surface area (Å²) in [6, 6.07) is 13.2. The van der Waals surface area contributed by atoms with Crippen molar-refractivity contribution in [3.63, 3.8) is 0 Å². The quantitative estimate of drug-likeness (QED) is 0.594. The van der Waals surface area contributed by atoms with Crippen molar-refractivity contribution >= 4 is 40.2 Å². The molecule has 2 aromatic rings. The van der Waals surface area contributed by atoms with Crippen LogP contribution in [0.15, 0.2) is 80.4 Å². The monoisotopic (exact) mass is 457 g/mol. The Labute approximate surface area is 163 Å². The maximum atomic E-state index is 13.4. The van der Waals surface area contributed by atoms with Crippen LogP contribution >= 0.6 is 22.6 Å². The van der Waals surface area contributed by atoms with Crippen LogP contribution in [0.25, 0.3) is 0 Å². The second-order valence-corrected chi connectivity index (χ2v) is 7.10. The Hall–Kier alpha value is -2.61. The molecule has 0 aromatic heterocycles. The highest BCUT2D eigenvalue weighted by molar-refractivity contribution is 14.1. The van der Waals surface area contributed by atoms with Gasteiger partial charge in [-0.3, -0.25) is 4.79 Å². The van der Waals surface area contributed by atoms with E-state index >= 15 is 0 Å². The fourth-order valence-corrected chi connectivity index (χ4v) is 3.35. The minimum Gasteiger partial charge on any atom is -0.327 e. The molecule has 128 valence electrons. The standard InChI is InChI=1S/C20H13FIN3O/c21-15-6-3-5-13(10-15)20(26)24-19-17-7-2-1-4-14(17)11-25-12-16(22)8-9-18(25)23-19/h1-10,12H,11H2. The van der Waals surface area contributed by atoms with Crippen LogP contribution in [-0.4, -0.2) is 22.5 Å². The molecule has 0 unspecified atom stereocenters. The second kappa shape index (κ2) is 6.95. The van der Waals surface area contributed by atoms with E-state index in [1.165, 1.54) is 18.2 Å². The number of fused-ring (bicyclic) bond motifs is 2. The molecule has 0 atom stereocenters. The lowest BCUT2D eigenvalue weighted by Gasteiger charge is -2.21. The van der Waals surface area contributed by atoms with Crippen molar-refractivity contribution < 1.29 is 9.18 Å². The van der Waals surface area contributed by atoms with E-state index in [0.717, 1.165) is 14.7 Å². The minimum atomic E-state index is -0.517. The van der Waals surface area contributed by atoms with Crippen molar-refractivity contribution in [1.82, 2.24) is 4.90 Å². The molecule has 0 saturated carbocycles. The molecule has 26 heavy (non-hydrogen) atoms. The van der Waals surface area contributed by atoms with E-state index in [1.54, 1.807) is 6.07 Å². The number of halogens is 2. The lowest BCUT2D eigenvalue weighted by molar-refractivity contribution is 0.100. The fourth-order valence-electron chi connectivity index (χ4n) is 2.83. The fraction of sp³-hybridized carbons (Fsp3) is 0.0500. The number of amides is 1. The zero-order chi connectivity index (χ0) is 18.1. The van der Waals surface area contributed by atoms with Gasteiger partial charge in [0.2, 0.25) is 0 Å². The van der Waals surface area contributed by atoms with Crippen LogP contribution in [0.1, 0.15) is 21.5 Å². The number of hydrogen-bond donors (Lipinski definition) is 0. The molecule has 2 heterocycles. The van der Waals surface area contributed by atoms with Gasteiger partial charge in [0.05, 0.1) is 0 Å². The summed E-state index contributed by atoms with van der Waals surface area (Å²) < 4.78 is 14.5. The highest BCUT2D eigenvalue weighted by Crippen LogP contribution is 2.24. The van der Waals surface area contributed by atoms with E-state index in [4.69, 9.17) is 0 Å². The molecule has 0 radical (unpaired) electrons. The van der Waals surface area contributed by atoms with Crippen molar-refractivity contribution in [3.8, 4) is 0 Å². The topological polar surface area (TPSA) is 45.0 Å². The summed E-state index contributed by atoms with van der Waals surface area (Å²) in [5.74, 6) is 0.0662. The highest BCUT2D eigenvalue weighted by Gasteiger charge is 2.21. The largest absolute Gasteiger partial charge is 0.327 e. The molecule has 4 rings (SSSR count). The van der Waals surface area contributed by atoms with E-state index in [-0.39, 0.29) is 5.56 Å². The molecule has 0 N–H and O–H groups in total. The molecule has 0 aliphatic carbocycles. The SMILES string of the molecule is O=C(N=C1N=C2C=CC(I)=CN2Cc2ccccc21)c1cccc(F)c1. The molecule has 2 aromatic carbocycles. The molecule has 1 amide bonds. The van der Waals surface area contributed by atoms with Crippen molar-refractivity contribution in [2.45, 2.75) is 6.54 Å². The van der Waals surface area contributed by atoms with Gasteiger partial charge < -0.3 is 4.90 Å². The number of nitrogens with zero attached hydrogens (tertiary/aromatic N) is 3. The summed E-state index contributed by atoms with van der Waals surface area (Å²) in [5.41, 5.74) is 2.02. The molecule has 0 saturated heterocycles. The summed E-state index contributed by atoms with van der Waals surface area (Å²) in [7, 11) is 0. The minimum absolute atomic E-state index is 0.199. The third-order valence-corrected chi connectivity index (χ3v) is 4.70. The highest BCUT2D eigenvalue weighted by atomic mass is 127. The van der Waals surface area contributed by atoms with Crippen molar-refractivity contribution in [2.75, 3.05) is 0 Å². The Morgan fingerprint density at radius 1 is 1.15 bits per heavy atom. The van der Waals surface area contributed by atoms with E-state index in [2.05, 4.69) is 32.6 Å². The summed E-state index contributed by atoms with van der Waals surface area (Å²) in [5, 5.41) is 0. The van der Waals surface area contributed by atoms with Crippen molar-refractivity contribution in [1.29, 1.82) is 0 Å². The van der Waals surface area contributed by atoms with Gasteiger partial charge in [-0.25, -0.2) is 9.38 Å². The first-order valence-electron chi connectivity index (χ1n) is 7.98. The Bertz CT molecular complexity index is 1020. The summed E-state index contributed by atoms with van der Waals surface area (Å²) in [6.07, 6.45) is 5.86. The van der Waals surface area contributed by atoms with E-state index in [0.29, 0.717) is 18.2 Å². The first kappa shape index (κ1) is 16.8. The van der Waals surface area contributed by atoms with E-state index < -0.39 is 11.7 Å². The summed E-state index contributed by atoms with van der Waals surface area (Å²) >= 11 is 2.25. The lowest BCUT2D eigenvalue weighted by Crippen LogP contribution is -2.24. The molecule has 2 aliphatic heterocycles. The number of carbonyl (C=O) groups excluding carboxylic acids is 1.